The number of hydrogen-bond donors (Lipinski definition) is 1. The number of carbonyl (C=O) groups is 1. The third-order valence-corrected chi connectivity index (χ3v) is 3.69. The van der Waals surface area contributed by atoms with Crippen LogP contribution in [0.3, 0.4) is 0 Å². The molecule has 0 aliphatic carbocycles. The summed E-state index contributed by atoms with van der Waals surface area (Å²) in [6, 6.07) is 4.08. The molecule has 1 aromatic heterocycles. The van der Waals surface area contributed by atoms with E-state index in [1.807, 2.05) is 11.0 Å². The van der Waals surface area contributed by atoms with Gasteiger partial charge in [-0.3, -0.25) is 9.78 Å². The van der Waals surface area contributed by atoms with E-state index in [1.54, 1.807) is 12.3 Å². The van der Waals surface area contributed by atoms with Crippen LogP contribution in [0.4, 0.5) is 0 Å². The maximum atomic E-state index is 12.4. The summed E-state index contributed by atoms with van der Waals surface area (Å²) in [6.45, 7) is 2.06. The van der Waals surface area contributed by atoms with Crippen molar-refractivity contribution < 1.29 is 4.79 Å². The van der Waals surface area contributed by atoms with Crippen molar-refractivity contribution in [3.63, 3.8) is 0 Å². The number of hydrogen-bond acceptors (Lipinski definition) is 4. The van der Waals surface area contributed by atoms with Crippen molar-refractivity contribution in [1.82, 2.24) is 14.8 Å². The highest BCUT2D eigenvalue weighted by Gasteiger charge is 2.25. The smallest absolute Gasteiger partial charge is 0.272 e. The summed E-state index contributed by atoms with van der Waals surface area (Å²) in [4.78, 5) is 20.7. The van der Waals surface area contributed by atoms with Crippen LogP contribution in [0.2, 0.25) is 0 Å². The predicted molar refractivity (Wildman–Crippen MR) is 74.7 cm³/mol. The monoisotopic (exact) mass is 262 g/mol. The van der Waals surface area contributed by atoms with E-state index in [1.165, 1.54) is 0 Å². The van der Waals surface area contributed by atoms with Gasteiger partial charge in [-0.25, -0.2) is 0 Å². The van der Waals surface area contributed by atoms with Crippen molar-refractivity contribution in [3.05, 3.63) is 29.6 Å². The quantitative estimate of drug-likeness (QED) is 0.871. The molecule has 0 spiro atoms. The van der Waals surface area contributed by atoms with Crippen LogP contribution in [-0.4, -0.2) is 53.9 Å². The second-order valence-corrected chi connectivity index (χ2v) is 5.27. The molecule has 2 N–H and O–H groups in total. The summed E-state index contributed by atoms with van der Waals surface area (Å²) < 4.78 is 0. The summed E-state index contributed by atoms with van der Waals surface area (Å²) in [5.74, 6) is 0.0233. The van der Waals surface area contributed by atoms with Crippen LogP contribution < -0.4 is 5.73 Å². The van der Waals surface area contributed by atoms with E-state index >= 15 is 0 Å². The SMILES string of the molecule is CN(C)C1CCCN(C(=O)c2ccc(CN)cn2)C1. The largest absolute Gasteiger partial charge is 0.336 e. The van der Waals surface area contributed by atoms with E-state index in [2.05, 4.69) is 24.0 Å². The molecule has 2 rings (SSSR count). The number of nitrogens with two attached hydrogens (primary N) is 1. The van der Waals surface area contributed by atoms with E-state index in [0.29, 0.717) is 18.3 Å². The minimum atomic E-state index is 0.0233. The van der Waals surface area contributed by atoms with Crippen molar-refractivity contribution in [2.24, 2.45) is 5.73 Å². The van der Waals surface area contributed by atoms with Crippen molar-refractivity contribution in [2.45, 2.75) is 25.4 Å². The first-order valence-corrected chi connectivity index (χ1v) is 6.72. The first-order valence-electron chi connectivity index (χ1n) is 6.72. The van der Waals surface area contributed by atoms with Crippen LogP contribution in [-0.2, 0) is 6.54 Å². The van der Waals surface area contributed by atoms with Gasteiger partial charge in [0.2, 0.25) is 0 Å². The van der Waals surface area contributed by atoms with Gasteiger partial charge >= 0.3 is 0 Å². The summed E-state index contributed by atoms with van der Waals surface area (Å²) >= 11 is 0. The standard InChI is InChI=1S/C14H22N4O/c1-17(2)12-4-3-7-18(10-12)14(19)13-6-5-11(8-15)9-16-13/h5-6,9,12H,3-4,7-8,10,15H2,1-2H3. The number of likely N-dealkylation sites (N-methyl/N-ethyl adjacent to an activating group) is 1. The van der Waals surface area contributed by atoms with Gasteiger partial charge in [0.05, 0.1) is 0 Å². The molecule has 5 heteroatoms. The summed E-state index contributed by atoms with van der Waals surface area (Å²) in [7, 11) is 4.12. The lowest BCUT2D eigenvalue weighted by Crippen LogP contribution is -2.47. The molecule has 1 aliphatic rings. The van der Waals surface area contributed by atoms with Crippen LogP contribution in [0.1, 0.15) is 28.9 Å². The Morgan fingerprint density at radius 3 is 2.89 bits per heavy atom. The zero-order valence-corrected chi connectivity index (χ0v) is 11.7. The summed E-state index contributed by atoms with van der Waals surface area (Å²) in [5, 5.41) is 0. The molecule has 1 aromatic rings. The Morgan fingerprint density at radius 1 is 1.53 bits per heavy atom. The summed E-state index contributed by atoms with van der Waals surface area (Å²) in [5.41, 5.74) is 6.99. The lowest BCUT2D eigenvalue weighted by molar-refractivity contribution is 0.0629. The van der Waals surface area contributed by atoms with E-state index in [0.717, 1.165) is 31.5 Å². The molecule has 19 heavy (non-hydrogen) atoms. The molecule has 104 valence electrons. The number of carbonyl (C=O) groups excluding carboxylic acids is 1. The zero-order chi connectivity index (χ0) is 13.8. The third-order valence-electron chi connectivity index (χ3n) is 3.69. The minimum Gasteiger partial charge on any atom is -0.336 e. The number of aromatic nitrogens is 1. The van der Waals surface area contributed by atoms with Gasteiger partial charge in [0.1, 0.15) is 5.69 Å². The molecule has 0 saturated carbocycles. The van der Waals surface area contributed by atoms with E-state index in [-0.39, 0.29) is 5.91 Å². The molecule has 1 saturated heterocycles. The third kappa shape index (κ3) is 3.30. The van der Waals surface area contributed by atoms with Gasteiger partial charge in [-0.2, -0.15) is 0 Å². The number of pyridine rings is 1. The van der Waals surface area contributed by atoms with E-state index in [9.17, 15) is 4.79 Å². The van der Waals surface area contributed by atoms with Gasteiger partial charge in [0, 0.05) is 31.9 Å². The number of rotatable bonds is 3. The maximum Gasteiger partial charge on any atom is 0.272 e. The Labute approximate surface area is 114 Å². The fourth-order valence-electron chi connectivity index (χ4n) is 2.39. The van der Waals surface area contributed by atoms with Gasteiger partial charge < -0.3 is 15.5 Å². The maximum absolute atomic E-state index is 12.4. The van der Waals surface area contributed by atoms with Crippen LogP contribution in [0.15, 0.2) is 18.3 Å². The number of likely N-dealkylation sites (tertiary alicyclic amines) is 1. The van der Waals surface area contributed by atoms with Gasteiger partial charge in [0.25, 0.3) is 5.91 Å². The second-order valence-electron chi connectivity index (χ2n) is 5.27. The molecule has 0 bridgehead atoms. The minimum absolute atomic E-state index is 0.0233. The molecule has 0 aromatic carbocycles. The molecular weight excluding hydrogens is 240 g/mol. The van der Waals surface area contributed by atoms with Crippen molar-refractivity contribution in [2.75, 3.05) is 27.2 Å². The predicted octanol–water partition coefficient (Wildman–Crippen LogP) is 0.707. The van der Waals surface area contributed by atoms with Crippen LogP contribution >= 0.6 is 0 Å². The average molecular weight is 262 g/mol. The lowest BCUT2D eigenvalue weighted by Gasteiger charge is -2.35. The van der Waals surface area contributed by atoms with Gasteiger partial charge in [-0.05, 0) is 38.6 Å². The highest BCUT2D eigenvalue weighted by Crippen LogP contribution is 2.16. The highest BCUT2D eigenvalue weighted by atomic mass is 16.2. The zero-order valence-electron chi connectivity index (χ0n) is 11.7. The van der Waals surface area contributed by atoms with Gasteiger partial charge in [-0.15, -0.1) is 0 Å². The fourth-order valence-corrected chi connectivity index (χ4v) is 2.39. The van der Waals surface area contributed by atoms with Crippen LogP contribution in [0, 0.1) is 0 Å². The number of nitrogens with zero attached hydrogens (tertiary/aromatic N) is 3. The normalized spacial score (nSPS) is 19.8. The Balaban J connectivity index is 2.05. The molecule has 0 radical (unpaired) electrons. The molecule has 1 aliphatic heterocycles. The molecule has 1 amide bonds. The topological polar surface area (TPSA) is 62.5 Å². The van der Waals surface area contributed by atoms with Crippen LogP contribution in [0.5, 0.6) is 0 Å². The number of amides is 1. The van der Waals surface area contributed by atoms with Crippen molar-refractivity contribution in [3.8, 4) is 0 Å². The fraction of sp³-hybridized carbons (Fsp3) is 0.571. The van der Waals surface area contributed by atoms with E-state index < -0.39 is 0 Å². The van der Waals surface area contributed by atoms with Gasteiger partial charge in [0.15, 0.2) is 0 Å². The Morgan fingerprint density at radius 2 is 2.32 bits per heavy atom. The van der Waals surface area contributed by atoms with Gasteiger partial charge in [-0.1, -0.05) is 6.07 Å². The average Bonchev–Trinajstić information content (AvgIpc) is 2.46. The highest BCUT2D eigenvalue weighted by molar-refractivity contribution is 5.92. The molecular formula is C14H22N4O. The molecule has 1 fully saturated rings. The second kappa shape index (κ2) is 6.12. The van der Waals surface area contributed by atoms with Crippen LogP contribution in [0.25, 0.3) is 0 Å². The molecule has 2 heterocycles. The van der Waals surface area contributed by atoms with Crippen molar-refractivity contribution in [1.29, 1.82) is 0 Å². The molecule has 1 atom stereocenters. The van der Waals surface area contributed by atoms with E-state index in [4.69, 9.17) is 5.73 Å². The Kier molecular flexibility index (Phi) is 4.50. The lowest BCUT2D eigenvalue weighted by atomic mass is 10.0. The Hall–Kier alpha value is -1.46. The van der Waals surface area contributed by atoms with Crippen molar-refractivity contribution >= 4 is 5.91 Å². The molecule has 5 nitrogen and oxygen atoms in total. The summed E-state index contributed by atoms with van der Waals surface area (Å²) in [6.07, 6.45) is 3.88. The Bertz CT molecular complexity index is 430. The molecule has 1 unspecified atom stereocenters. The number of piperidine rings is 1. The first-order chi connectivity index (χ1) is 9.11. The first kappa shape index (κ1) is 14.0.